The molecule has 2 rings (SSSR count). The standard InChI is InChI=1S/C13H26N2O2S/c1-13(2,3)11-6-8-15(9-11)18(16,17)10-12-5-4-7-14-12/h11-12,14H,4-10H2,1-3H3. The normalized spacial score (nSPS) is 31.1. The third kappa shape index (κ3) is 3.25. The van der Waals surface area contributed by atoms with Crippen molar-refractivity contribution in [2.24, 2.45) is 11.3 Å². The molecule has 0 saturated carbocycles. The molecule has 0 aromatic heterocycles. The lowest BCUT2D eigenvalue weighted by atomic mass is 9.80. The molecule has 0 radical (unpaired) electrons. The van der Waals surface area contributed by atoms with Crippen molar-refractivity contribution in [3.63, 3.8) is 0 Å². The Labute approximate surface area is 111 Å². The maximum atomic E-state index is 12.3. The predicted molar refractivity (Wildman–Crippen MR) is 73.9 cm³/mol. The molecule has 4 nitrogen and oxygen atoms in total. The van der Waals surface area contributed by atoms with E-state index in [2.05, 4.69) is 26.1 Å². The smallest absolute Gasteiger partial charge is 0.215 e. The summed E-state index contributed by atoms with van der Waals surface area (Å²) in [7, 11) is -3.07. The van der Waals surface area contributed by atoms with Crippen molar-refractivity contribution in [2.45, 2.75) is 46.1 Å². The number of nitrogens with one attached hydrogen (secondary N) is 1. The van der Waals surface area contributed by atoms with Crippen LogP contribution in [0.4, 0.5) is 0 Å². The molecule has 2 aliphatic heterocycles. The zero-order chi connectivity index (χ0) is 13.4. The SMILES string of the molecule is CC(C)(C)C1CCN(S(=O)(=O)CC2CCCN2)C1. The fourth-order valence-electron chi connectivity index (χ4n) is 2.95. The predicted octanol–water partition coefficient (Wildman–Crippen LogP) is 1.44. The molecule has 2 saturated heterocycles. The van der Waals surface area contributed by atoms with Crippen molar-refractivity contribution >= 4 is 10.0 Å². The van der Waals surface area contributed by atoms with Crippen LogP contribution in [0.15, 0.2) is 0 Å². The van der Waals surface area contributed by atoms with Crippen LogP contribution in [0.3, 0.4) is 0 Å². The summed E-state index contributed by atoms with van der Waals surface area (Å²) in [5, 5.41) is 3.27. The fraction of sp³-hybridized carbons (Fsp3) is 1.00. The van der Waals surface area contributed by atoms with Crippen LogP contribution in [0.25, 0.3) is 0 Å². The largest absolute Gasteiger partial charge is 0.313 e. The van der Waals surface area contributed by atoms with Crippen molar-refractivity contribution in [2.75, 3.05) is 25.4 Å². The third-order valence-corrected chi connectivity index (χ3v) is 6.29. The van der Waals surface area contributed by atoms with Crippen LogP contribution in [0.1, 0.15) is 40.0 Å². The minimum atomic E-state index is -3.07. The molecule has 0 spiro atoms. The molecule has 0 bridgehead atoms. The molecule has 1 N–H and O–H groups in total. The highest BCUT2D eigenvalue weighted by atomic mass is 32.2. The molecule has 18 heavy (non-hydrogen) atoms. The number of nitrogens with zero attached hydrogens (tertiary/aromatic N) is 1. The van der Waals surface area contributed by atoms with Gasteiger partial charge in [-0.1, -0.05) is 20.8 Å². The second kappa shape index (κ2) is 5.10. The van der Waals surface area contributed by atoms with Crippen LogP contribution >= 0.6 is 0 Å². The van der Waals surface area contributed by atoms with Crippen LogP contribution in [0.2, 0.25) is 0 Å². The summed E-state index contributed by atoms with van der Waals surface area (Å²) in [6.07, 6.45) is 3.10. The molecule has 0 aromatic carbocycles. The van der Waals surface area contributed by atoms with E-state index in [0.29, 0.717) is 19.0 Å². The minimum Gasteiger partial charge on any atom is -0.313 e. The van der Waals surface area contributed by atoms with Gasteiger partial charge in [0, 0.05) is 19.1 Å². The van der Waals surface area contributed by atoms with Gasteiger partial charge in [0.2, 0.25) is 10.0 Å². The Morgan fingerprint density at radius 1 is 1.28 bits per heavy atom. The Morgan fingerprint density at radius 2 is 2.00 bits per heavy atom. The topological polar surface area (TPSA) is 49.4 Å². The Kier molecular flexibility index (Phi) is 4.04. The number of sulfonamides is 1. The van der Waals surface area contributed by atoms with Crippen molar-refractivity contribution in [1.82, 2.24) is 9.62 Å². The monoisotopic (exact) mass is 274 g/mol. The molecule has 0 aliphatic carbocycles. The molecular formula is C13H26N2O2S. The first-order chi connectivity index (χ1) is 8.29. The van der Waals surface area contributed by atoms with Gasteiger partial charge in [-0.2, -0.15) is 0 Å². The summed E-state index contributed by atoms with van der Waals surface area (Å²) in [4.78, 5) is 0. The Hall–Kier alpha value is -0.130. The van der Waals surface area contributed by atoms with E-state index in [4.69, 9.17) is 0 Å². The van der Waals surface area contributed by atoms with Crippen molar-refractivity contribution < 1.29 is 8.42 Å². The minimum absolute atomic E-state index is 0.170. The molecular weight excluding hydrogens is 248 g/mol. The lowest BCUT2D eigenvalue weighted by Gasteiger charge is -2.27. The lowest BCUT2D eigenvalue weighted by Crippen LogP contribution is -2.39. The molecule has 2 unspecified atom stereocenters. The summed E-state index contributed by atoms with van der Waals surface area (Å²) >= 11 is 0. The van der Waals surface area contributed by atoms with Crippen LogP contribution in [0.5, 0.6) is 0 Å². The van der Waals surface area contributed by atoms with Crippen LogP contribution in [-0.4, -0.2) is 44.2 Å². The van der Waals surface area contributed by atoms with E-state index in [9.17, 15) is 8.42 Å². The molecule has 2 aliphatic rings. The van der Waals surface area contributed by atoms with E-state index in [-0.39, 0.29) is 17.2 Å². The first kappa shape index (κ1) is 14.3. The Morgan fingerprint density at radius 3 is 2.50 bits per heavy atom. The fourth-order valence-corrected chi connectivity index (χ4v) is 4.74. The Balaban J connectivity index is 1.95. The van der Waals surface area contributed by atoms with Gasteiger partial charge in [0.05, 0.1) is 5.75 Å². The van der Waals surface area contributed by atoms with Gasteiger partial charge >= 0.3 is 0 Å². The van der Waals surface area contributed by atoms with E-state index in [1.54, 1.807) is 4.31 Å². The highest BCUT2D eigenvalue weighted by molar-refractivity contribution is 7.89. The van der Waals surface area contributed by atoms with E-state index in [0.717, 1.165) is 25.8 Å². The van der Waals surface area contributed by atoms with E-state index in [1.807, 2.05) is 0 Å². The van der Waals surface area contributed by atoms with Crippen molar-refractivity contribution in [3.8, 4) is 0 Å². The van der Waals surface area contributed by atoms with Gasteiger partial charge in [-0.15, -0.1) is 0 Å². The van der Waals surface area contributed by atoms with Gasteiger partial charge in [-0.3, -0.25) is 0 Å². The summed E-state index contributed by atoms with van der Waals surface area (Å²) in [6.45, 7) is 8.98. The molecule has 2 fully saturated rings. The second-order valence-electron chi connectivity index (χ2n) is 6.78. The van der Waals surface area contributed by atoms with Crippen LogP contribution in [-0.2, 0) is 10.0 Å². The maximum Gasteiger partial charge on any atom is 0.215 e. The third-order valence-electron chi connectivity index (χ3n) is 4.34. The molecule has 2 atom stereocenters. The van der Waals surface area contributed by atoms with Crippen LogP contribution < -0.4 is 5.32 Å². The van der Waals surface area contributed by atoms with Gasteiger partial charge in [0.1, 0.15) is 0 Å². The highest BCUT2D eigenvalue weighted by Crippen LogP contribution is 2.34. The quantitative estimate of drug-likeness (QED) is 0.847. The van der Waals surface area contributed by atoms with Gasteiger partial charge in [0.15, 0.2) is 0 Å². The van der Waals surface area contributed by atoms with Gasteiger partial charge in [0.25, 0.3) is 0 Å². The van der Waals surface area contributed by atoms with Gasteiger partial charge < -0.3 is 5.32 Å². The first-order valence-corrected chi connectivity index (χ1v) is 8.61. The average molecular weight is 274 g/mol. The zero-order valence-electron chi connectivity index (χ0n) is 11.8. The molecule has 0 aromatic rings. The summed E-state index contributed by atoms with van der Waals surface area (Å²) in [6, 6.07) is 0.170. The molecule has 106 valence electrons. The van der Waals surface area contributed by atoms with Crippen molar-refractivity contribution in [3.05, 3.63) is 0 Å². The van der Waals surface area contributed by atoms with Gasteiger partial charge in [-0.05, 0) is 37.1 Å². The second-order valence-corrected chi connectivity index (χ2v) is 8.80. The van der Waals surface area contributed by atoms with Crippen molar-refractivity contribution in [1.29, 1.82) is 0 Å². The number of hydrogen-bond acceptors (Lipinski definition) is 3. The molecule has 0 amide bonds. The molecule has 2 heterocycles. The van der Waals surface area contributed by atoms with E-state index in [1.165, 1.54) is 0 Å². The first-order valence-electron chi connectivity index (χ1n) is 7.00. The van der Waals surface area contributed by atoms with E-state index >= 15 is 0 Å². The molecule has 5 heteroatoms. The average Bonchev–Trinajstić information content (AvgIpc) is 2.83. The Bertz CT molecular complexity index is 380. The van der Waals surface area contributed by atoms with Crippen LogP contribution in [0, 0.1) is 11.3 Å². The number of hydrogen-bond donors (Lipinski definition) is 1. The van der Waals surface area contributed by atoms with Gasteiger partial charge in [-0.25, -0.2) is 12.7 Å². The summed E-state index contributed by atoms with van der Waals surface area (Å²) in [5.74, 6) is 0.771. The lowest BCUT2D eigenvalue weighted by molar-refractivity contribution is 0.252. The zero-order valence-corrected chi connectivity index (χ0v) is 12.6. The summed E-state index contributed by atoms with van der Waals surface area (Å²) < 4.78 is 26.4. The summed E-state index contributed by atoms with van der Waals surface area (Å²) in [5.41, 5.74) is 0.204. The highest BCUT2D eigenvalue weighted by Gasteiger charge is 2.37. The number of rotatable bonds is 3. The van der Waals surface area contributed by atoms with E-state index < -0.39 is 10.0 Å². The maximum absolute atomic E-state index is 12.3.